The molecular formula is C14H15BrN4O. The number of nitrogens with zero attached hydrogens (tertiary/aromatic N) is 2. The Morgan fingerprint density at radius 3 is 3.20 bits per heavy atom. The molecule has 0 fully saturated rings. The average molecular weight is 335 g/mol. The SMILES string of the molecule is NC(=O)Cn1cc(NC2CCc3cc(Br)ccc32)cn1. The van der Waals surface area contributed by atoms with Gasteiger partial charge >= 0.3 is 0 Å². The number of aromatic nitrogens is 2. The van der Waals surface area contributed by atoms with Crippen molar-refractivity contribution in [3.63, 3.8) is 0 Å². The van der Waals surface area contributed by atoms with Crippen molar-refractivity contribution in [2.24, 2.45) is 5.73 Å². The molecule has 5 nitrogen and oxygen atoms in total. The minimum atomic E-state index is -0.393. The van der Waals surface area contributed by atoms with Crippen molar-refractivity contribution < 1.29 is 4.79 Å². The van der Waals surface area contributed by atoms with E-state index in [0.29, 0.717) is 6.04 Å². The van der Waals surface area contributed by atoms with Crippen LogP contribution in [0.4, 0.5) is 5.69 Å². The number of carbonyl (C=O) groups excluding carboxylic acids is 1. The van der Waals surface area contributed by atoms with E-state index in [2.05, 4.69) is 44.5 Å². The molecule has 0 bridgehead atoms. The first-order chi connectivity index (χ1) is 9.61. The van der Waals surface area contributed by atoms with Crippen LogP contribution in [0.2, 0.25) is 0 Å². The second-order valence-corrected chi connectivity index (χ2v) is 5.89. The molecule has 104 valence electrons. The van der Waals surface area contributed by atoms with Crippen molar-refractivity contribution in [1.82, 2.24) is 9.78 Å². The summed E-state index contributed by atoms with van der Waals surface area (Å²) in [6.45, 7) is 0.107. The number of benzene rings is 1. The van der Waals surface area contributed by atoms with Crippen molar-refractivity contribution in [3.05, 3.63) is 46.2 Å². The van der Waals surface area contributed by atoms with Crippen molar-refractivity contribution in [1.29, 1.82) is 0 Å². The van der Waals surface area contributed by atoms with E-state index >= 15 is 0 Å². The highest BCUT2D eigenvalue weighted by atomic mass is 79.9. The third-order valence-electron chi connectivity index (χ3n) is 3.47. The molecule has 2 aromatic rings. The van der Waals surface area contributed by atoms with Crippen LogP contribution in [0.25, 0.3) is 0 Å². The van der Waals surface area contributed by atoms with Crippen molar-refractivity contribution in [2.75, 3.05) is 5.32 Å². The zero-order chi connectivity index (χ0) is 14.1. The van der Waals surface area contributed by atoms with E-state index in [1.165, 1.54) is 11.1 Å². The molecule has 1 aliphatic carbocycles. The predicted molar refractivity (Wildman–Crippen MR) is 80.2 cm³/mol. The van der Waals surface area contributed by atoms with Crippen LogP contribution >= 0.6 is 15.9 Å². The number of amides is 1. The Morgan fingerprint density at radius 1 is 1.55 bits per heavy atom. The van der Waals surface area contributed by atoms with Crippen LogP contribution in [0.15, 0.2) is 35.1 Å². The van der Waals surface area contributed by atoms with E-state index in [9.17, 15) is 4.79 Å². The van der Waals surface area contributed by atoms with Gasteiger partial charge in [-0.25, -0.2) is 0 Å². The summed E-state index contributed by atoms with van der Waals surface area (Å²) in [5.74, 6) is -0.393. The fraction of sp³-hybridized carbons (Fsp3) is 0.286. The van der Waals surface area contributed by atoms with Gasteiger partial charge in [0.2, 0.25) is 5.91 Å². The van der Waals surface area contributed by atoms with Crippen LogP contribution in [0.3, 0.4) is 0 Å². The lowest BCUT2D eigenvalue weighted by Crippen LogP contribution is -2.18. The van der Waals surface area contributed by atoms with Gasteiger partial charge in [-0.05, 0) is 36.1 Å². The van der Waals surface area contributed by atoms with Gasteiger partial charge in [0, 0.05) is 10.7 Å². The Balaban J connectivity index is 1.74. The van der Waals surface area contributed by atoms with Gasteiger partial charge in [-0.15, -0.1) is 0 Å². The molecule has 1 amide bonds. The first-order valence-electron chi connectivity index (χ1n) is 6.47. The van der Waals surface area contributed by atoms with Crippen LogP contribution in [-0.2, 0) is 17.8 Å². The fourth-order valence-electron chi connectivity index (χ4n) is 2.62. The minimum absolute atomic E-state index is 0.107. The first-order valence-corrected chi connectivity index (χ1v) is 7.27. The summed E-state index contributed by atoms with van der Waals surface area (Å²) < 4.78 is 2.66. The van der Waals surface area contributed by atoms with Crippen LogP contribution in [0.5, 0.6) is 0 Å². The van der Waals surface area contributed by atoms with Crippen LogP contribution in [0, 0.1) is 0 Å². The number of nitrogens with one attached hydrogen (secondary N) is 1. The molecule has 0 aliphatic heterocycles. The summed E-state index contributed by atoms with van der Waals surface area (Å²) >= 11 is 3.50. The predicted octanol–water partition coefficient (Wildman–Crippen LogP) is 2.23. The molecule has 0 saturated heterocycles. The Bertz CT molecular complexity index is 652. The van der Waals surface area contributed by atoms with Crippen molar-refractivity contribution in [2.45, 2.75) is 25.4 Å². The highest BCUT2D eigenvalue weighted by Crippen LogP contribution is 2.35. The van der Waals surface area contributed by atoms with Crippen LogP contribution in [-0.4, -0.2) is 15.7 Å². The van der Waals surface area contributed by atoms with Gasteiger partial charge in [-0.2, -0.15) is 5.10 Å². The number of rotatable bonds is 4. The maximum atomic E-state index is 10.9. The van der Waals surface area contributed by atoms with Gasteiger partial charge in [0.1, 0.15) is 6.54 Å². The monoisotopic (exact) mass is 334 g/mol. The standard InChI is InChI=1S/C14H15BrN4O/c15-10-2-3-12-9(5-10)1-4-13(12)18-11-6-17-19(7-11)8-14(16)20/h2-3,5-7,13,18H,1,4,8H2,(H2,16,20). The maximum Gasteiger partial charge on any atom is 0.239 e. The highest BCUT2D eigenvalue weighted by Gasteiger charge is 2.22. The Hall–Kier alpha value is -1.82. The fourth-order valence-corrected chi connectivity index (χ4v) is 3.03. The first kappa shape index (κ1) is 13.2. The number of anilines is 1. The Morgan fingerprint density at radius 2 is 2.40 bits per heavy atom. The lowest BCUT2D eigenvalue weighted by atomic mass is 10.1. The normalized spacial score (nSPS) is 16.9. The zero-order valence-electron chi connectivity index (χ0n) is 10.8. The molecule has 20 heavy (non-hydrogen) atoms. The number of aryl methyl sites for hydroxylation is 1. The number of nitrogens with two attached hydrogens (primary N) is 1. The second kappa shape index (κ2) is 5.28. The topological polar surface area (TPSA) is 72.9 Å². The number of halogens is 1. The van der Waals surface area contributed by atoms with Gasteiger partial charge < -0.3 is 11.1 Å². The van der Waals surface area contributed by atoms with Gasteiger partial charge in [-0.1, -0.05) is 22.0 Å². The Labute approximate surface area is 125 Å². The molecule has 3 N–H and O–H groups in total. The van der Waals surface area contributed by atoms with Gasteiger partial charge in [-0.3, -0.25) is 9.48 Å². The smallest absolute Gasteiger partial charge is 0.239 e. The molecule has 1 unspecified atom stereocenters. The molecule has 0 saturated carbocycles. The number of hydrogen-bond acceptors (Lipinski definition) is 3. The summed E-state index contributed by atoms with van der Waals surface area (Å²) in [5.41, 5.74) is 8.77. The third-order valence-corrected chi connectivity index (χ3v) is 3.97. The molecule has 3 rings (SSSR count). The number of hydrogen-bond donors (Lipinski definition) is 2. The number of fused-ring (bicyclic) bond motifs is 1. The lowest BCUT2D eigenvalue weighted by molar-refractivity contribution is -0.118. The van der Waals surface area contributed by atoms with E-state index in [1.807, 2.05) is 6.20 Å². The van der Waals surface area contributed by atoms with Gasteiger partial charge in [0.25, 0.3) is 0 Å². The summed E-state index contributed by atoms with van der Waals surface area (Å²) in [6, 6.07) is 6.69. The third kappa shape index (κ3) is 2.70. The molecule has 1 aromatic carbocycles. The summed E-state index contributed by atoms with van der Waals surface area (Å²) in [7, 11) is 0. The average Bonchev–Trinajstić information content (AvgIpc) is 2.97. The van der Waals surface area contributed by atoms with E-state index < -0.39 is 5.91 Å². The quantitative estimate of drug-likeness (QED) is 0.900. The number of primary amides is 1. The second-order valence-electron chi connectivity index (χ2n) is 4.97. The lowest BCUT2D eigenvalue weighted by Gasteiger charge is -2.13. The highest BCUT2D eigenvalue weighted by molar-refractivity contribution is 9.10. The van der Waals surface area contributed by atoms with Gasteiger partial charge in [0.05, 0.1) is 17.9 Å². The molecule has 6 heteroatoms. The summed E-state index contributed by atoms with van der Waals surface area (Å²) in [5, 5.41) is 7.57. The Kier molecular flexibility index (Phi) is 3.48. The van der Waals surface area contributed by atoms with E-state index in [-0.39, 0.29) is 6.54 Å². The van der Waals surface area contributed by atoms with Crippen molar-refractivity contribution in [3.8, 4) is 0 Å². The van der Waals surface area contributed by atoms with Crippen LogP contribution in [0.1, 0.15) is 23.6 Å². The molecule has 1 aliphatic rings. The molecule has 1 atom stereocenters. The molecule has 0 radical (unpaired) electrons. The van der Waals surface area contributed by atoms with E-state index in [4.69, 9.17) is 5.73 Å². The minimum Gasteiger partial charge on any atom is -0.376 e. The number of carbonyl (C=O) groups is 1. The molecular weight excluding hydrogens is 320 g/mol. The largest absolute Gasteiger partial charge is 0.376 e. The molecule has 1 aromatic heterocycles. The summed E-state index contributed by atoms with van der Waals surface area (Å²) in [6.07, 6.45) is 5.66. The van der Waals surface area contributed by atoms with Crippen molar-refractivity contribution >= 4 is 27.5 Å². The van der Waals surface area contributed by atoms with E-state index in [0.717, 1.165) is 23.0 Å². The van der Waals surface area contributed by atoms with Crippen LogP contribution < -0.4 is 11.1 Å². The van der Waals surface area contributed by atoms with Gasteiger partial charge in [0.15, 0.2) is 0 Å². The summed E-state index contributed by atoms with van der Waals surface area (Å²) in [4.78, 5) is 10.9. The maximum absolute atomic E-state index is 10.9. The zero-order valence-corrected chi connectivity index (χ0v) is 12.4. The molecule has 1 heterocycles. The van der Waals surface area contributed by atoms with E-state index in [1.54, 1.807) is 10.9 Å². The molecule has 0 spiro atoms.